The first-order valence-electron chi connectivity index (χ1n) is 5.52. The van der Waals surface area contributed by atoms with Gasteiger partial charge < -0.3 is 10.5 Å². The van der Waals surface area contributed by atoms with Crippen molar-refractivity contribution in [2.24, 2.45) is 5.73 Å². The van der Waals surface area contributed by atoms with Gasteiger partial charge in [-0.05, 0) is 36.8 Å². The highest BCUT2D eigenvalue weighted by Crippen LogP contribution is 2.33. The maximum Gasteiger partial charge on any atom is 0.146 e. The topological polar surface area (TPSA) is 35.2 Å². The molecule has 0 aliphatic rings. The van der Waals surface area contributed by atoms with Crippen LogP contribution in [0.5, 0.6) is 11.5 Å². The number of halogens is 2. The number of ether oxygens (including phenoxy) is 1. The van der Waals surface area contributed by atoms with Crippen molar-refractivity contribution < 1.29 is 4.74 Å². The van der Waals surface area contributed by atoms with E-state index in [1.54, 1.807) is 6.07 Å². The van der Waals surface area contributed by atoms with Gasteiger partial charge in [-0.15, -0.1) is 0 Å². The first-order valence-corrected chi connectivity index (χ1v) is 6.70. The van der Waals surface area contributed by atoms with E-state index in [1.807, 2.05) is 37.3 Å². The van der Waals surface area contributed by atoms with E-state index in [1.165, 1.54) is 0 Å². The zero-order valence-electron chi connectivity index (χ0n) is 9.91. The second kappa shape index (κ2) is 5.74. The van der Waals surface area contributed by atoms with E-state index in [0.29, 0.717) is 17.3 Å². The van der Waals surface area contributed by atoms with Gasteiger partial charge in [-0.2, -0.15) is 0 Å². The van der Waals surface area contributed by atoms with Crippen molar-refractivity contribution >= 4 is 27.5 Å². The summed E-state index contributed by atoms with van der Waals surface area (Å²) in [7, 11) is 0. The highest BCUT2D eigenvalue weighted by Gasteiger charge is 2.07. The van der Waals surface area contributed by atoms with Crippen LogP contribution in [0.4, 0.5) is 0 Å². The third kappa shape index (κ3) is 3.05. The molecule has 2 N–H and O–H groups in total. The van der Waals surface area contributed by atoms with Crippen LogP contribution in [0.3, 0.4) is 0 Å². The number of hydrogen-bond donors (Lipinski definition) is 1. The first-order chi connectivity index (χ1) is 8.60. The molecule has 0 saturated carbocycles. The number of hydrogen-bond acceptors (Lipinski definition) is 2. The summed E-state index contributed by atoms with van der Waals surface area (Å²) in [5, 5.41) is 0.564. The third-order valence-electron chi connectivity index (χ3n) is 2.56. The van der Waals surface area contributed by atoms with Crippen molar-refractivity contribution in [2.45, 2.75) is 13.5 Å². The summed E-state index contributed by atoms with van der Waals surface area (Å²) in [5.74, 6) is 1.38. The molecule has 0 bridgehead atoms. The van der Waals surface area contributed by atoms with E-state index >= 15 is 0 Å². The number of benzene rings is 2. The maximum absolute atomic E-state index is 6.13. The molecule has 0 aliphatic heterocycles. The summed E-state index contributed by atoms with van der Waals surface area (Å²) < 4.78 is 6.75. The highest BCUT2D eigenvalue weighted by molar-refractivity contribution is 9.10. The fourth-order valence-electron chi connectivity index (χ4n) is 1.60. The molecule has 4 heteroatoms. The molecule has 18 heavy (non-hydrogen) atoms. The first kappa shape index (κ1) is 13.4. The molecule has 0 aromatic heterocycles. The number of rotatable bonds is 3. The van der Waals surface area contributed by atoms with Gasteiger partial charge in [0.15, 0.2) is 0 Å². The highest BCUT2D eigenvalue weighted by atomic mass is 79.9. The molecule has 0 aliphatic carbocycles. The molecule has 0 amide bonds. The van der Waals surface area contributed by atoms with Crippen LogP contribution in [0.25, 0.3) is 0 Å². The van der Waals surface area contributed by atoms with Crippen LogP contribution >= 0.6 is 27.5 Å². The summed E-state index contributed by atoms with van der Waals surface area (Å²) in [6.45, 7) is 2.44. The van der Waals surface area contributed by atoms with Crippen molar-refractivity contribution in [1.29, 1.82) is 0 Å². The summed E-state index contributed by atoms with van der Waals surface area (Å²) >= 11 is 9.49. The van der Waals surface area contributed by atoms with Gasteiger partial charge >= 0.3 is 0 Å². The Morgan fingerprint density at radius 2 is 1.94 bits per heavy atom. The Labute approximate surface area is 120 Å². The lowest BCUT2D eigenvalue weighted by Crippen LogP contribution is -1.99. The summed E-state index contributed by atoms with van der Waals surface area (Å²) in [4.78, 5) is 0. The van der Waals surface area contributed by atoms with Gasteiger partial charge in [-0.3, -0.25) is 0 Å². The molecule has 2 aromatic rings. The van der Waals surface area contributed by atoms with Gasteiger partial charge in [-0.25, -0.2) is 0 Å². The SMILES string of the molecule is Cc1ccc(CN)c(Oc2ccc(Br)cc2Cl)c1. The zero-order valence-corrected chi connectivity index (χ0v) is 12.3. The Morgan fingerprint density at radius 3 is 2.61 bits per heavy atom. The predicted octanol–water partition coefficient (Wildman–Crippen LogP) is 4.66. The summed E-state index contributed by atoms with van der Waals surface area (Å²) in [6, 6.07) is 11.5. The van der Waals surface area contributed by atoms with Gasteiger partial charge in [0, 0.05) is 16.6 Å². The van der Waals surface area contributed by atoms with Crippen molar-refractivity contribution in [2.75, 3.05) is 0 Å². The third-order valence-corrected chi connectivity index (χ3v) is 3.35. The van der Waals surface area contributed by atoms with Gasteiger partial charge in [0.1, 0.15) is 11.5 Å². The molecular formula is C14H13BrClNO. The Balaban J connectivity index is 2.36. The molecule has 2 aromatic carbocycles. The standard InChI is InChI=1S/C14H13BrClNO/c1-9-2-3-10(8-17)14(6-9)18-13-5-4-11(15)7-12(13)16/h2-7H,8,17H2,1H3. The van der Waals surface area contributed by atoms with Gasteiger partial charge in [0.2, 0.25) is 0 Å². The smallest absolute Gasteiger partial charge is 0.146 e. The largest absolute Gasteiger partial charge is 0.455 e. The molecule has 0 saturated heterocycles. The molecule has 2 nitrogen and oxygen atoms in total. The van der Waals surface area contributed by atoms with E-state index in [2.05, 4.69) is 15.9 Å². The molecule has 0 heterocycles. The normalized spacial score (nSPS) is 10.4. The van der Waals surface area contributed by atoms with Crippen molar-refractivity contribution in [1.82, 2.24) is 0 Å². The minimum atomic E-state index is 0.434. The lowest BCUT2D eigenvalue weighted by atomic mass is 10.1. The van der Waals surface area contributed by atoms with Crippen LogP contribution in [0.15, 0.2) is 40.9 Å². The quantitative estimate of drug-likeness (QED) is 0.890. The Kier molecular flexibility index (Phi) is 4.27. The van der Waals surface area contributed by atoms with E-state index < -0.39 is 0 Å². The number of nitrogens with two attached hydrogens (primary N) is 1. The Hall–Kier alpha value is -1.03. The minimum Gasteiger partial charge on any atom is -0.455 e. The lowest BCUT2D eigenvalue weighted by molar-refractivity contribution is 0.476. The van der Waals surface area contributed by atoms with Gasteiger partial charge in [0.25, 0.3) is 0 Å². The average molecular weight is 327 g/mol. The summed E-state index contributed by atoms with van der Waals surface area (Å²) in [6.07, 6.45) is 0. The van der Waals surface area contributed by atoms with Crippen molar-refractivity contribution in [3.63, 3.8) is 0 Å². The number of aryl methyl sites for hydroxylation is 1. The van der Waals surface area contributed by atoms with Gasteiger partial charge in [0.05, 0.1) is 5.02 Å². The van der Waals surface area contributed by atoms with E-state index in [-0.39, 0.29) is 0 Å². The van der Waals surface area contributed by atoms with Crippen LogP contribution in [0, 0.1) is 6.92 Å². The molecule has 0 fully saturated rings. The zero-order chi connectivity index (χ0) is 13.1. The van der Waals surface area contributed by atoms with Crippen molar-refractivity contribution in [3.8, 4) is 11.5 Å². The predicted molar refractivity (Wildman–Crippen MR) is 78.3 cm³/mol. The fourth-order valence-corrected chi connectivity index (χ4v) is 2.31. The van der Waals surface area contributed by atoms with Crippen LogP contribution < -0.4 is 10.5 Å². The van der Waals surface area contributed by atoms with Crippen molar-refractivity contribution in [3.05, 3.63) is 57.0 Å². The van der Waals surface area contributed by atoms with E-state index in [9.17, 15) is 0 Å². The lowest BCUT2D eigenvalue weighted by Gasteiger charge is -2.12. The molecule has 0 spiro atoms. The molecule has 2 rings (SSSR count). The van der Waals surface area contributed by atoms with E-state index in [4.69, 9.17) is 22.1 Å². The minimum absolute atomic E-state index is 0.434. The molecule has 94 valence electrons. The van der Waals surface area contributed by atoms with Crippen LogP contribution in [0.2, 0.25) is 5.02 Å². The van der Waals surface area contributed by atoms with Crippen LogP contribution in [-0.2, 0) is 6.54 Å². The average Bonchev–Trinajstić information content (AvgIpc) is 2.33. The Bertz CT molecular complexity index is 572. The van der Waals surface area contributed by atoms with Gasteiger partial charge in [-0.1, -0.05) is 39.7 Å². The molecule has 0 atom stereocenters. The van der Waals surface area contributed by atoms with Crippen LogP contribution in [-0.4, -0.2) is 0 Å². The second-order valence-corrected chi connectivity index (χ2v) is 5.31. The second-order valence-electron chi connectivity index (χ2n) is 3.99. The maximum atomic E-state index is 6.13. The Morgan fingerprint density at radius 1 is 1.17 bits per heavy atom. The molecule has 0 unspecified atom stereocenters. The fraction of sp³-hybridized carbons (Fsp3) is 0.143. The van der Waals surface area contributed by atoms with Crippen LogP contribution in [0.1, 0.15) is 11.1 Å². The van der Waals surface area contributed by atoms with E-state index in [0.717, 1.165) is 21.3 Å². The monoisotopic (exact) mass is 325 g/mol. The molecule has 0 radical (unpaired) electrons. The summed E-state index contributed by atoms with van der Waals surface area (Å²) in [5.41, 5.74) is 7.77. The molecular weight excluding hydrogens is 314 g/mol.